The molecule has 1 fully saturated rings. The van der Waals surface area contributed by atoms with E-state index in [0.29, 0.717) is 54.4 Å². The summed E-state index contributed by atoms with van der Waals surface area (Å²) in [4.78, 5) is 19.5. The third kappa shape index (κ3) is 7.46. The number of halogens is 1. The van der Waals surface area contributed by atoms with Gasteiger partial charge in [-0.3, -0.25) is 0 Å². The summed E-state index contributed by atoms with van der Waals surface area (Å²) in [7, 11) is 0. The minimum absolute atomic E-state index is 0.165. The van der Waals surface area contributed by atoms with Crippen molar-refractivity contribution in [2.24, 2.45) is 5.41 Å². The van der Waals surface area contributed by atoms with Gasteiger partial charge in [-0.05, 0) is 81.3 Å². The summed E-state index contributed by atoms with van der Waals surface area (Å²) < 4.78 is 25.3. The van der Waals surface area contributed by atoms with Crippen LogP contribution in [0.4, 0.5) is 10.1 Å². The second-order valence-corrected chi connectivity index (χ2v) is 12.6. The molecule has 2 heterocycles. The number of nitrogens with zero attached hydrogens (tertiary/aromatic N) is 3. The number of hydrogen-bond donors (Lipinski definition) is 1. The highest BCUT2D eigenvalue weighted by Gasteiger charge is 2.37. The zero-order valence-electron chi connectivity index (χ0n) is 25.3. The molecular weight excluding hydrogens is 533 g/mol. The molecule has 1 saturated heterocycles. The summed E-state index contributed by atoms with van der Waals surface area (Å²) in [5.41, 5.74) is 3.63. The Kier molecular flexibility index (Phi) is 9.22. The summed E-state index contributed by atoms with van der Waals surface area (Å²) in [5, 5.41) is 20.6. The first-order valence-electron chi connectivity index (χ1n) is 14.4. The molecule has 0 amide bonds. The van der Waals surface area contributed by atoms with Crippen LogP contribution in [0.3, 0.4) is 0 Å². The maximum absolute atomic E-state index is 13.2. The first-order valence-corrected chi connectivity index (χ1v) is 14.4. The van der Waals surface area contributed by atoms with Gasteiger partial charge in [-0.1, -0.05) is 38.1 Å². The molecule has 0 radical (unpaired) electrons. The molecule has 1 unspecified atom stereocenters. The molecular formula is C34H40FN3O4. The van der Waals surface area contributed by atoms with E-state index < -0.39 is 17.7 Å². The second-order valence-electron chi connectivity index (χ2n) is 12.6. The van der Waals surface area contributed by atoms with Gasteiger partial charge in [0.05, 0.1) is 17.9 Å². The van der Waals surface area contributed by atoms with Crippen molar-refractivity contribution in [2.75, 3.05) is 24.6 Å². The van der Waals surface area contributed by atoms with E-state index in [2.05, 4.69) is 29.8 Å². The van der Waals surface area contributed by atoms with E-state index >= 15 is 0 Å². The van der Waals surface area contributed by atoms with Crippen molar-refractivity contribution in [1.82, 2.24) is 4.98 Å². The third-order valence-electron chi connectivity index (χ3n) is 7.61. The number of pyridine rings is 1. The quantitative estimate of drug-likeness (QED) is 0.288. The molecule has 8 heteroatoms. The number of hydrogen-bond acceptors (Lipinski definition) is 6. The van der Waals surface area contributed by atoms with Crippen LogP contribution in [-0.4, -0.2) is 41.4 Å². The van der Waals surface area contributed by atoms with Crippen LogP contribution in [0.5, 0.6) is 5.75 Å². The number of carboxylic acids is 1. The maximum atomic E-state index is 13.2. The van der Waals surface area contributed by atoms with E-state index in [1.54, 1.807) is 19.1 Å². The number of ether oxygens (including phenoxy) is 2. The van der Waals surface area contributed by atoms with Gasteiger partial charge in [-0.2, -0.15) is 5.26 Å². The lowest BCUT2D eigenvalue weighted by atomic mass is 9.81. The minimum atomic E-state index is -1.26. The Hall–Kier alpha value is -3.96. The number of carboxylic acid groups (broad SMARTS) is 1. The van der Waals surface area contributed by atoms with E-state index in [1.807, 2.05) is 45.0 Å². The highest BCUT2D eigenvalue weighted by Crippen LogP contribution is 2.45. The largest absolute Gasteiger partial charge is 0.493 e. The molecule has 0 aliphatic carbocycles. The first-order chi connectivity index (χ1) is 19.8. The number of piperidine rings is 1. The fourth-order valence-electron chi connectivity index (χ4n) is 5.28. The summed E-state index contributed by atoms with van der Waals surface area (Å²) >= 11 is 0. The van der Waals surface area contributed by atoms with E-state index in [-0.39, 0.29) is 16.9 Å². The maximum Gasteiger partial charge on any atom is 0.337 e. The number of aliphatic carboxylic acids is 1. The lowest BCUT2D eigenvalue weighted by Gasteiger charge is -2.41. The van der Waals surface area contributed by atoms with Crippen LogP contribution in [0.15, 0.2) is 48.5 Å². The van der Waals surface area contributed by atoms with Gasteiger partial charge in [0.1, 0.15) is 17.6 Å². The van der Waals surface area contributed by atoms with Gasteiger partial charge < -0.3 is 19.5 Å². The average Bonchev–Trinajstić information content (AvgIpc) is 2.92. The van der Waals surface area contributed by atoms with Crippen LogP contribution >= 0.6 is 0 Å². The van der Waals surface area contributed by atoms with Gasteiger partial charge in [0.15, 0.2) is 11.8 Å². The van der Waals surface area contributed by atoms with Crippen molar-refractivity contribution >= 4 is 11.7 Å². The predicted molar refractivity (Wildman–Crippen MR) is 161 cm³/mol. The highest BCUT2D eigenvalue weighted by molar-refractivity contribution is 5.89. The predicted octanol–water partition coefficient (Wildman–Crippen LogP) is 7.26. The van der Waals surface area contributed by atoms with Crippen LogP contribution < -0.4 is 9.64 Å². The number of rotatable bonds is 9. The van der Waals surface area contributed by atoms with Crippen molar-refractivity contribution in [2.45, 2.75) is 72.5 Å². The fourth-order valence-corrected chi connectivity index (χ4v) is 5.28. The van der Waals surface area contributed by atoms with E-state index in [9.17, 15) is 19.6 Å². The number of carbonyl (C=O) groups is 1. The molecule has 3 aromatic rings. The smallest absolute Gasteiger partial charge is 0.337 e. The van der Waals surface area contributed by atoms with Gasteiger partial charge in [-0.25, -0.2) is 14.2 Å². The fraction of sp³-hybridized carbons (Fsp3) is 0.441. The molecule has 1 aliphatic rings. The minimum Gasteiger partial charge on any atom is -0.493 e. The van der Waals surface area contributed by atoms with Gasteiger partial charge in [0, 0.05) is 36.3 Å². The topological polar surface area (TPSA) is 95.7 Å². The summed E-state index contributed by atoms with van der Waals surface area (Å²) in [5.74, 6) is -0.720. The lowest BCUT2D eigenvalue weighted by Crippen LogP contribution is -2.39. The Morgan fingerprint density at radius 2 is 1.74 bits per heavy atom. The monoisotopic (exact) mass is 573 g/mol. The van der Waals surface area contributed by atoms with Gasteiger partial charge >= 0.3 is 5.97 Å². The Balaban J connectivity index is 1.76. The Morgan fingerprint density at radius 3 is 2.29 bits per heavy atom. The zero-order chi connectivity index (χ0) is 30.7. The third-order valence-corrected chi connectivity index (χ3v) is 7.61. The normalized spacial score (nSPS) is 15.6. The standard InChI is InChI=1S/C34H40FN3O4/c1-22-28(31(32(39)40)42-33(2,3)4)30(38-18-16-34(5,6)17-19-38)29(27(21-36)37-22)24-9-13-26(14-10-24)41-20-15-23-7-11-25(35)12-8-23/h7-14,31H,15-20H2,1-6H3,(H,39,40). The van der Waals surface area contributed by atoms with Gasteiger partial charge in [0.2, 0.25) is 0 Å². The van der Waals surface area contributed by atoms with Gasteiger partial charge in [0.25, 0.3) is 0 Å². The van der Waals surface area contributed by atoms with E-state index in [4.69, 9.17) is 9.47 Å². The Morgan fingerprint density at radius 1 is 1.12 bits per heavy atom. The first kappa shape index (κ1) is 31.0. The van der Waals surface area contributed by atoms with Crippen molar-refractivity contribution in [3.05, 3.63) is 76.9 Å². The summed E-state index contributed by atoms with van der Waals surface area (Å²) in [6.07, 6.45) is 1.22. The second kappa shape index (κ2) is 12.5. The van der Waals surface area contributed by atoms with Crippen molar-refractivity contribution in [1.29, 1.82) is 5.26 Å². The van der Waals surface area contributed by atoms with Crippen LogP contribution in [0.2, 0.25) is 0 Å². The number of anilines is 1. The molecule has 0 saturated carbocycles. The molecule has 0 bridgehead atoms. The lowest BCUT2D eigenvalue weighted by molar-refractivity contribution is -0.160. The van der Waals surface area contributed by atoms with Crippen LogP contribution in [0, 0.1) is 29.5 Å². The number of aryl methyl sites for hydroxylation is 1. The summed E-state index contributed by atoms with van der Waals surface area (Å²) in [6, 6.07) is 16.0. The summed E-state index contributed by atoms with van der Waals surface area (Å²) in [6.45, 7) is 13.6. The molecule has 7 nitrogen and oxygen atoms in total. The van der Waals surface area contributed by atoms with Crippen LogP contribution in [-0.2, 0) is 16.0 Å². The van der Waals surface area contributed by atoms with Crippen molar-refractivity contribution < 1.29 is 23.8 Å². The van der Waals surface area contributed by atoms with Crippen LogP contribution in [0.1, 0.15) is 76.1 Å². The molecule has 1 atom stereocenters. The number of benzene rings is 2. The van der Waals surface area contributed by atoms with Gasteiger partial charge in [-0.15, -0.1) is 0 Å². The molecule has 42 heavy (non-hydrogen) atoms. The molecule has 2 aromatic carbocycles. The average molecular weight is 574 g/mol. The van der Waals surface area contributed by atoms with E-state index in [0.717, 1.165) is 24.0 Å². The van der Waals surface area contributed by atoms with Crippen molar-refractivity contribution in [3.63, 3.8) is 0 Å². The molecule has 4 rings (SSSR count). The molecule has 0 spiro atoms. The zero-order valence-corrected chi connectivity index (χ0v) is 25.3. The molecule has 1 aromatic heterocycles. The molecule has 222 valence electrons. The van der Waals surface area contributed by atoms with E-state index in [1.165, 1.54) is 12.1 Å². The molecule has 1 aliphatic heterocycles. The van der Waals surface area contributed by atoms with Crippen LogP contribution in [0.25, 0.3) is 11.1 Å². The molecule has 1 N–H and O–H groups in total. The Labute approximate surface area is 247 Å². The number of nitriles is 1. The highest BCUT2D eigenvalue weighted by atomic mass is 19.1. The van der Waals surface area contributed by atoms with Crippen molar-refractivity contribution in [3.8, 4) is 22.9 Å². The number of aromatic nitrogens is 1. The Bertz CT molecular complexity index is 1440. The SMILES string of the molecule is Cc1nc(C#N)c(-c2ccc(OCCc3ccc(F)cc3)cc2)c(N2CCC(C)(C)CC2)c1C(OC(C)(C)C)C(=O)O.